The molecule has 2 aromatic carbocycles. The third-order valence-electron chi connectivity index (χ3n) is 5.63. The largest absolute Gasteiger partial charge is 0.496 e. The Morgan fingerprint density at radius 2 is 1.74 bits per heavy atom. The van der Waals surface area contributed by atoms with Crippen LogP contribution >= 0.6 is 0 Å². The number of halogens is 1. The van der Waals surface area contributed by atoms with Crippen LogP contribution in [0.2, 0.25) is 0 Å². The second kappa shape index (κ2) is 10.7. The molecule has 0 bridgehead atoms. The van der Waals surface area contributed by atoms with Gasteiger partial charge < -0.3 is 10.1 Å². The number of hydrogen-bond donors (Lipinski definition) is 1. The lowest BCUT2D eigenvalue weighted by Gasteiger charge is -2.30. The summed E-state index contributed by atoms with van der Waals surface area (Å²) in [6, 6.07) is 13.7. The third kappa shape index (κ3) is 6.27. The summed E-state index contributed by atoms with van der Waals surface area (Å²) < 4.78 is 45.8. The van der Waals surface area contributed by atoms with Crippen molar-refractivity contribution in [1.82, 2.24) is 9.62 Å². The quantitative estimate of drug-likeness (QED) is 0.598. The van der Waals surface area contributed by atoms with E-state index in [1.807, 2.05) is 24.3 Å². The van der Waals surface area contributed by atoms with E-state index in [1.54, 1.807) is 13.2 Å². The highest BCUT2D eigenvalue weighted by Gasteiger charge is 2.31. The lowest BCUT2D eigenvalue weighted by molar-refractivity contribution is -0.126. The highest BCUT2D eigenvalue weighted by molar-refractivity contribution is 7.88. The lowest BCUT2D eigenvalue weighted by atomic mass is 9.97. The van der Waals surface area contributed by atoms with Crippen molar-refractivity contribution in [3.63, 3.8) is 0 Å². The Labute approximate surface area is 183 Å². The van der Waals surface area contributed by atoms with Crippen LogP contribution < -0.4 is 10.1 Å². The third-order valence-corrected chi connectivity index (χ3v) is 7.46. The standard InChI is InChI=1S/C23H29FN2O4S/c1-30-22-11-5-3-7-18(22)9-6-14-25-23(27)19-12-15-26(16-13-19)31(28,29)17-20-8-2-4-10-21(20)24/h2-5,7-8,10-11,19H,6,9,12-17H2,1H3,(H,25,27). The number of para-hydroxylation sites is 1. The smallest absolute Gasteiger partial charge is 0.223 e. The summed E-state index contributed by atoms with van der Waals surface area (Å²) in [6.45, 7) is 1.11. The number of aryl methyl sites for hydroxylation is 1. The van der Waals surface area contributed by atoms with E-state index >= 15 is 0 Å². The van der Waals surface area contributed by atoms with Crippen LogP contribution in [0, 0.1) is 11.7 Å². The maximum absolute atomic E-state index is 13.8. The van der Waals surface area contributed by atoms with Crippen LogP contribution in [-0.4, -0.2) is 45.4 Å². The highest BCUT2D eigenvalue weighted by Crippen LogP contribution is 2.23. The first-order valence-corrected chi connectivity index (χ1v) is 12.1. The van der Waals surface area contributed by atoms with Crippen LogP contribution in [-0.2, 0) is 27.0 Å². The van der Waals surface area contributed by atoms with Gasteiger partial charge in [0, 0.05) is 31.1 Å². The Morgan fingerprint density at radius 3 is 2.42 bits per heavy atom. The van der Waals surface area contributed by atoms with E-state index in [9.17, 15) is 17.6 Å². The predicted octanol–water partition coefficient (Wildman–Crippen LogP) is 3.13. The van der Waals surface area contributed by atoms with Gasteiger partial charge in [-0.2, -0.15) is 0 Å². The monoisotopic (exact) mass is 448 g/mol. The Balaban J connectivity index is 1.42. The molecule has 0 spiro atoms. The number of amides is 1. The summed E-state index contributed by atoms with van der Waals surface area (Å²) in [5.74, 6) is -0.275. The van der Waals surface area contributed by atoms with Crippen molar-refractivity contribution in [2.24, 2.45) is 5.92 Å². The summed E-state index contributed by atoms with van der Waals surface area (Å²) in [5.41, 5.74) is 1.27. The molecule has 0 aliphatic carbocycles. The van der Waals surface area contributed by atoms with Gasteiger partial charge in [0.05, 0.1) is 12.9 Å². The van der Waals surface area contributed by atoms with E-state index in [0.717, 1.165) is 24.2 Å². The van der Waals surface area contributed by atoms with Crippen LogP contribution in [0.4, 0.5) is 4.39 Å². The first-order chi connectivity index (χ1) is 14.9. The minimum atomic E-state index is -3.62. The minimum absolute atomic E-state index is 0.0359. The number of hydrogen-bond acceptors (Lipinski definition) is 4. The average molecular weight is 449 g/mol. The van der Waals surface area contributed by atoms with Crippen molar-refractivity contribution < 1.29 is 22.3 Å². The van der Waals surface area contributed by atoms with E-state index in [0.29, 0.717) is 19.4 Å². The number of benzene rings is 2. The molecule has 168 valence electrons. The molecule has 31 heavy (non-hydrogen) atoms. The molecule has 0 atom stereocenters. The van der Waals surface area contributed by atoms with Crippen LogP contribution in [0.25, 0.3) is 0 Å². The summed E-state index contributed by atoms with van der Waals surface area (Å²) in [4.78, 5) is 12.5. The molecule has 1 N–H and O–H groups in total. The SMILES string of the molecule is COc1ccccc1CCCNC(=O)C1CCN(S(=O)(=O)Cc2ccccc2F)CC1. The molecule has 1 fully saturated rings. The zero-order chi connectivity index (χ0) is 22.3. The normalized spacial score (nSPS) is 15.5. The van der Waals surface area contributed by atoms with Gasteiger partial charge in [0.25, 0.3) is 0 Å². The first-order valence-electron chi connectivity index (χ1n) is 10.5. The molecule has 1 amide bonds. The number of carbonyl (C=O) groups excluding carboxylic acids is 1. The van der Waals surface area contributed by atoms with E-state index in [2.05, 4.69) is 5.32 Å². The van der Waals surface area contributed by atoms with Crippen LogP contribution in [0.15, 0.2) is 48.5 Å². The molecule has 1 aliphatic rings. The molecular formula is C23H29FN2O4S. The molecule has 0 unspecified atom stereocenters. The second-order valence-electron chi connectivity index (χ2n) is 7.73. The summed E-state index contributed by atoms with van der Waals surface area (Å²) >= 11 is 0. The van der Waals surface area contributed by atoms with Gasteiger partial charge in [-0.15, -0.1) is 0 Å². The average Bonchev–Trinajstić information content (AvgIpc) is 2.78. The van der Waals surface area contributed by atoms with Gasteiger partial charge in [0.1, 0.15) is 11.6 Å². The Morgan fingerprint density at radius 1 is 1.10 bits per heavy atom. The fourth-order valence-electron chi connectivity index (χ4n) is 3.84. The molecule has 8 heteroatoms. The molecule has 2 aromatic rings. The van der Waals surface area contributed by atoms with Crippen molar-refractivity contribution in [2.45, 2.75) is 31.4 Å². The fraction of sp³-hybridized carbons (Fsp3) is 0.435. The Kier molecular flexibility index (Phi) is 8.03. The molecule has 0 radical (unpaired) electrons. The maximum Gasteiger partial charge on any atom is 0.223 e. The zero-order valence-electron chi connectivity index (χ0n) is 17.7. The van der Waals surface area contributed by atoms with Crippen molar-refractivity contribution in [2.75, 3.05) is 26.7 Å². The van der Waals surface area contributed by atoms with Crippen molar-refractivity contribution in [3.8, 4) is 5.75 Å². The predicted molar refractivity (Wildman–Crippen MR) is 118 cm³/mol. The van der Waals surface area contributed by atoms with Crippen molar-refractivity contribution in [3.05, 3.63) is 65.5 Å². The number of rotatable bonds is 9. The number of sulfonamides is 1. The zero-order valence-corrected chi connectivity index (χ0v) is 18.5. The van der Waals surface area contributed by atoms with Crippen molar-refractivity contribution >= 4 is 15.9 Å². The number of piperidine rings is 1. The fourth-order valence-corrected chi connectivity index (χ4v) is 5.42. The summed E-state index contributed by atoms with van der Waals surface area (Å²) in [7, 11) is -1.97. The number of nitrogens with one attached hydrogen (secondary N) is 1. The molecule has 0 aromatic heterocycles. The van der Waals surface area contributed by atoms with Crippen molar-refractivity contribution in [1.29, 1.82) is 0 Å². The maximum atomic E-state index is 13.8. The summed E-state index contributed by atoms with van der Waals surface area (Å²) in [6.07, 6.45) is 2.53. The van der Waals surface area contributed by atoms with E-state index in [-0.39, 0.29) is 36.2 Å². The number of methoxy groups -OCH3 is 1. The van der Waals surface area contributed by atoms with E-state index in [4.69, 9.17) is 4.74 Å². The van der Waals surface area contributed by atoms with Gasteiger partial charge in [-0.3, -0.25) is 4.79 Å². The molecule has 1 aliphatic heterocycles. The highest BCUT2D eigenvalue weighted by atomic mass is 32.2. The minimum Gasteiger partial charge on any atom is -0.496 e. The second-order valence-corrected chi connectivity index (χ2v) is 9.70. The van der Waals surface area contributed by atoms with Gasteiger partial charge in [-0.25, -0.2) is 17.1 Å². The van der Waals surface area contributed by atoms with Gasteiger partial charge in [-0.05, 0) is 43.4 Å². The molecule has 3 rings (SSSR count). The molecule has 0 saturated carbocycles. The summed E-state index contributed by atoms with van der Waals surface area (Å²) in [5, 5.41) is 2.96. The Bertz CT molecular complexity index is 989. The van der Waals surface area contributed by atoms with Gasteiger partial charge in [0.15, 0.2) is 0 Å². The number of ether oxygens (including phenoxy) is 1. The van der Waals surface area contributed by atoms with E-state index in [1.165, 1.54) is 22.5 Å². The molecule has 1 saturated heterocycles. The topological polar surface area (TPSA) is 75.7 Å². The van der Waals surface area contributed by atoms with Crippen LogP contribution in [0.1, 0.15) is 30.4 Å². The first kappa shape index (κ1) is 23.2. The number of nitrogens with zero attached hydrogens (tertiary/aromatic N) is 1. The van der Waals surface area contributed by atoms with Gasteiger partial charge in [-0.1, -0.05) is 36.4 Å². The number of carbonyl (C=O) groups is 1. The molecule has 1 heterocycles. The van der Waals surface area contributed by atoms with Gasteiger partial charge in [0.2, 0.25) is 15.9 Å². The van der Waals surface area contributed by atoms with E-state index < -0.39 is 15.8 Å². The van der Waals surface area contributed by atoms with Gasteiger partial charge >= 0.3 is 0 Å². The molecule has 6 nitrogen and oxygen atoms in total. The molecular weight excluding hydrogens is 419 g/mol. The Hall–Kier alpha value is -2.45. The van der Waals surface area contributed by atoms with Crippen LogP contribution in [0.5, 0.6) is 5.75 Å². The lowest BCUT2D eigenvalue weighted by Crippen LogP contribution is -2.43. The van der Waals surface area contributed by atoms with Crippen LogP contribution in [0.3, 0.4) is 0 Å².